The van der Waals surface area contributed by atoms with Gasteiger partial charge in [0, 0.05) is 12.6 Å². The van der Waals surface area contributed by atoms with Crippen molar-refractivity contribution in [3.63, 3.8) is 0 Å². The number of hydrogen-bond donors (Lipinski definition) is 1. The van der Waals surface area contributed by atoms with E-state index in [-0.39, 0.29) is 31.1 Å². The summed E-state index contributed by atoms with van der Waals surface area (Å²) < 4.78 is 12.4. The van der Waals surface area contributed by atoms with E-state index in [0.29, 0.717) is 18.5 Å². The highest BCUT2D eigenvalue weighted by molar-refractivity contribution is 5.99. The summed E-state index contributed by atoms with van der Waals surface area (Å²) in [6, 6.07) is 7.25. The van der Waals surface area contributed by atoms with Crippen LogP contribution in [-0.2, 0) is 23.9 Å². The molecule has 4 aliphatic heterocycles. The van der Waals surface area contributed by atoms with E-state index in [9.17, 15) is 19.5 Å². The standard InChI is InChI=1S/C28H34N2O6/c1-18(2)29-15-10-14-28-21(22-26(34)35-16-9-5-8-13-27(22,3)36-28)24(32)30(23(28)25(29)33)20(17-31)19-11-6-4-7-12-19/h4,6-8,10-14,18,20-23,31H,5,9,15-17H2,1-3H3/b13-8-/t20-,21+,22+,23?,27-,28+/m1/s1. The summed E-state index contributed by atoms with van der Waals surface area (Å²) >= 11 is 0. The molecule has 5 rings (SSSR count). The quantitative estimate of drug-likeness (QED) is 0.510. The Bertz CT molecular complexity index is 1100. The summed E-state index contributed by atoms with van der Waals surface area (Å²) in [7, 11) is 0. The molecule has 1 aromatic rings. The summed E-state index contributed by atoms with van der Waals surface area (Å²) in [4.78, 5) is 45.2. The smallest absolute Gasteiger partial charge is 0.313 e. The maximum Gasteiger partial charge on any atom is 0.313 e. The number of carbonyl (C=O) groups excluding carboxylic acids is 3. The molecule has 8 nitrogen and oxygen atoms in total. The predicted molar refractivity (Wildman–Crippen MR) is 131 cm³/mol. The number of ether oxygens (including phenoxy) is 2. The Kier molecular flexibility index (Phi) is 6.29. The summed E-state index contributed by atoms with van der Waals surface area (Å²) in [5, 5.41) is 10.5. The number of hydrogen-bond acceptors (Lipinski definition) is 6. The number of carbonyl (C=O) groups is 3. The van der Waals surface area contributed by atoms with Crippen LogP contribution in [0.2, 0.25) is 0 Å². The average molecular weight is 495 g/mol. The maximum atomic E-state index is 14.4. The molecule has 0 aromatic heterocycles. The molecule has 0 aliphatic carbocycles. The van der Waals surface area contributed by atoms with Crippen LogP contribution in [-0.4, -0.2) is 75.7 Å². The van der Waals surface area contributed by atoms with Crippen LogP contribution < -0.4 is 0 Å². The Hall–Kier alpha value is -2.97. The third kappa shape index (κ3) is 3.61. The van der Waals surface area contributed by atoms with Crippen molar-refractivity contribution in [2.45, 2.75) is 62.9 Å². The van der Waals surface area contributed by atoms with Gasteiger partial charge in [-0.3, -0.25) is 14.4 Å². The second-order valence-corrected chi connectivity index (χ2v) is 10.6. The zero-order valence-electron chi connectivity index (χ0n) is 21.0. The molecule has 6 atom stereocenters. The van der Waals surface area contributed by atoms with Gasteiger partial charge in [-0.15, -0.1) is 0 Å². The van der Waals surface area contributed by atoms with E-state index in [1.807, 2.05) is 68.5 Å². The summed E-state index contributed by atoms with van der Waals surface area (Å²) in [5.41, 5.74) is -1.78. The molecule has 1 unspecified atom stereocenters. The minimum atomic E-state index is -1.37. The molecule has 4 heterocycles. The fourth-order valence-corrected chi connectivity index (χ4v) is 6.42. The number of likely N-dealkylation sites (tertiary alicyclic amines) is 1. The van der Waals surface area contributed by atoms with Crippen molar-refractivity contribution in [2.24, 2.45) is 11.8 Å². The van der Waals surface area contributed by atoms with E-state index in [1.165, 1.54) is 4.90 Å². The zero-order valence-corrected chi connectivity index (χ0v) is 21.0. The van der Waals surface area contributed by atoms with Crippen LogP contribution in [0.3, 0.4) is 0 Å². The fourth-order valence-electron chi connectivity index (χ4n) is 6.42. The topological polar surface area (TPSA) is 96.4 Å². The predicted octanol–water partition coefficient (Wildman–Crippen LogP) is 2.39. The number of esters is 1. The van der Waals surface area contributed by atoms with E-state index in [2.05, 4.69) is 0 Å². The van der Waals surface area contributed by atoms with Gasteiger partial charge in [-0.05, 0) is 39.2 Å². The van der Waals surface area contributed by atoms with Crippen LogP contribution in [0, 0.1) is 11.8 Å². The highest BCUT2D eigenvalue weighted by Gasteiger charge is 2.75. The summed E-state index contributed by atoms with van der Waals surface area (Å²) in [6.45, 7) is 5.90. The first-order valence-electron chi connectivity index (χ1n) is 12.8. The largest absolute Gasteiger partial charge is 0.465 e. The van der Waals surface area contributed by atoms with E-state index in [4.69, 9.17) is 9.47 Å². The van der Waals surface area contributed by atoms with Gasteiger partial charge in [-0.25, -0.2) is 0 Å². The number of cyclic esters (lactones) is 1. The fraction of sp³-hybridized carbons (Fsp3) is 0.536. The van der Waals surface area contributed by atoms with E-state index < -0.39 is 41.1 Å². The number of benzene rings is 1. The summed E-state index contributed by atoms with van der Waals surface area (Å²) in [5.74, 6) is -3.03. The van der Waals surface area contributed by atoms with Crippen molar-refractivity contribution in [1.82, 2.24) is 9.80 Å². The first-order valence-corrected chi connectivity index (χ1v) is 12.8. The minimum Gasteiger partial charge on any atom is -0.465 e. The van der Waals surface area contributed by atoms with Gasteiger partial charge >= 0.3 is 5.97 Å². The zero-order chi connectivity index (χ0) is 25.7. The Morgan fingerprint density at radius 2 is 1.81 bits per heavy atom. The number of aliphatic hydroxyl groups is 1. The molecular formula is C28H34N2O6. The highest BCUT2D eigenvalue weighted by Crippen LogP contribution is 2.58. The number of fused-ring (bicyclic) bond motifs is 2. The van der Waals surface area contributed by atoms with Crippen molar-refractivity contribution in [3.05, 3.63) is 60.2 Å². The number of nitrogens with zero attached hydrogens (tertiary/aromatic N) is 2. The molecule has 2 fully saturated rings. The number of allylic oxidation sites excluding steroid dienone is 1. The molecule has 4 aliphatic rings. The Morgan fingerprint density at radius 3 is 2.50 bits per heavy atom. The molecule has 0 bridgehead atoms. The van der Waals surface area contributed by atoms with E-state index in [1.54, 1.807) is 11.8 Å². The second-order valence-electron chi connectivity index (χ2n) is 10.6. The molecule has 1 spiro atoms. The first-order chi connectivity index (χ1) is 17.2. The third-order valence-electron chi connectivity index (χ3n) is 8.04. The van der Waals surface area contributed by atoms with Gasteiger partial charge in [0.2, 0.25) is 11.8 Å². The van der Waals surface area contributed by atoms with Crippen LogP contribution in [0.1, 0.15) is 45.2 Å². The lowest BCUT2D eigenvalue weighted by molar-refractivity contribution is -0.161. The van der Waals surface area contributed by atoms with E-state index in [0.717, 1.165) is 6.42 Å². The van der Waals surface area contributed by atoms with Crippen molar-refractivity contribution in [1.29, 1.82) is 0 Å². The van der Waals surface area contributed by atoms with Crippen molar-refractivity contribution in [3.8, 4) is 0 Å². The van der Waals surface area contributed by atoms with Crippen LogP contribution in [0.4, 0.5) is 0 Å². The van der Waals surface area contributed by atoms with Gasteiger partial charge in [0.05, 0.1) is 30.8 Å². The minimum absolute atomic E-state index is 0.114. The lowest BCUT2D eigenvalue weighted by Crippen LogP contribution is -2.57. The molecular weight excluding hydrogens is 460 g/mol. The molecule has 2 amide bonds. The molecule has 2 saturated heterocycles. The SMILES string of the molecule is CC(C)N1CC=C[C@]23O[C@]4(C)/C=C\CCCOC(=O)[C@@H]4[C@H]2C(=O)N([C@H](CO)c2ccccc2)C3C1=O. The molecule has 8 heteroatoms. The van der Waals surface area contributed by atoms with Gasteiger partial charge in [-0.2, -0.15) is 0 Å². The molecule has 192 valence electrons. The van der Waals surface area contributed by atoms with Gasteiger partial charge in [0.25, 0.3) is 0 Å². The van der Waals surface area contributed by atoms with Gasteiger partial charge < -0.3 is 24.4 Å². The molecule has 1 N–H and O–H groups in total. The maximum absolute atomic E-state index is 14.4. The van der Waals surface area contributed by atoms with Gasteiger partial charge in [0.15, 0.2) is 0 Å². The van der Waals surface area contributed by atoms with Crippen molar-refractivity contribution in [2.75, 3.05) is 19.8 Å². The lowest BCUT2D eigenvalue weighted by atomic mass is 9.74. The third-order valence-corrected chi connectivity index (χ3v) is 8.04. The number of aliphatic hydroxyl groups excluding tert-OH is 1. The Balaban J connectivity index is 1.71. The van der Waals surface area contributed by atoms with Crippen molar-refractivity contribution >= 4 is 17.8 Å². The van der Waals surface area contributed by atoms with Crippen LogP contribution in [0.25, 0.3) is 0 Å². The van der Waals surface area contributed by atoms with E-state index >= 15 is 0 Å². The highest BCUT2D eigenvalue weighted by atomic mass is 16.6. The monoisotopic (exact) mass is 494 g/mol. The van der Waals surface area contributed by atoms with Gasteiger partial charge in [0.1, 0.15) is 17.6 Å². The molecule has 36 heavy (non-hydrogen) atoms. The average Bonchev–Trinajstić information content (AvgIpc) is 3.20. The Labute approximate surface area is 211 Å². The molecule has 1 aromatic carbocycles. The van der Waals surface area contributed by atoms with Crippen LogP contribution in [0.5, 0.6) is 0 Å². The normalized spacial score (nSPS) is 35.8. The van der Waals surface area contributed by atoms with Crippen LogP contribution in [0.15, 0.2) is 54.6 Å². The second kappa shape index (κ2) is 9.16. The lowest BCUT2D eigenvalue weighted by Gasteiger charge is -2.40. The Morgan fingerprint density at radius 1 is 1.06 bits per heavy atom. The molecule has 0 saturated carbocycles. The van der Waals surface area contributed by atoms with Crippen LogP contribution >= 0.6 is 0 Å². The van der Waals surface area contributed by atoms with Gasteiger partial charge in [-0.1, -0.05) is 54.6 Å². The first kappa shape index (κ1) is 24.7. The molecule has 0 radical (unpaired) electrons. The summed E-state index contributed by atoms with van der Waals surface area (Å²) in [6.07, 6.45) is 8.90. The van der Waals surface area contributed by atoms with Crippen molar-refractivity contribution < 1.29 is 29.0 Å². The number of rotatable bonds is 4. The number of amides is 2.